The molecule has 2 aromatic rings. The van der Waals surface area contributed by atoms with Crippen molar-refractivity contribution < 1.29 is 19.1 Å². The predicted molar refractivity (Wildman–Crippen MR) is 102 cm³/mol. The van der Waals surface area contributed by atoms with Crippen LogP contribution in [0.3, 0.4) is 0 Å². The number of hydrogen-bond acceptors (Lipinski definition) is 5. The van der Waals surface area contributed by atoms with E-state index in [-0.39, 0.29) is 14.8 Å². The maximum absolute atomic E-state index is 13.2. The van der Waals surface area contributed by atoms with Crippen molar-refractivity contribution in [2.24, 2.45) is 0 Å². The number of thiocarbonyl (C=S) groups is 1. The fraction of sp³-hybridized carbons (Fsp3) is 0.0556. The number of para-hydroxylation sites is 1. The van der Waals surface area contributed by atoms with E-state index in [1.54, 1.807) is 24.3 Å². The van der Waals surface area contributed by atoms with Crippen LogP contribution in [0.1, 0.15) is 5.56 Å². The van der Waals surface area contributed by atoms with Crippen molar-refractivity contribution in [2.75, 3.05) is 16.5 Å². The summed E-state index contributed by atoms with van der Waals surface area (Å²) in [5.41, 5.74) is 1.77. The number of anilines is 2. The lowest BCUT2D eigenvalue weighted by Crippen LogP contribution is -2.29. The molecule has 1 saturated heterocycles. The van der Waals surface area contributed by atoms with Crippen LogP contribution in [0, 0.1) is 5.82 Å². The number of thioether (sulfide) groups is 1. The molecule has 2 aliphatic heterocycles. The third-order valence-electron chi connectivity index (χ3n) is 4.15. The summed E-state index contributed by atoms with van der Waals surface area (Å²) in [6, 6.07) is 12.3. The molecule has 0 unspecified atom stereocenters. The molecule has 2 aliphatic rings. The van der Waals surface area contributed by atoms with Crippen LogP contribution in [0.2, 0.25) is 0 Å². The molecule has 0 radical (unpaired) electrons. The zero-order valence-corrected chi connectivity index (χ0v) is 14.8. The summed E-state index contributed by atoms with van der Waals surface area (Å²) in [7, 11) is 0. The molecule has 0 aliphatic carbocycles. The van der Waals surface area contributed by atoms with E-state index in [1.165, 1.54) is 34.1 Å². The molecular weight excluding hydrogens is 375 g/mol. The molecule has 1 N–H and O–H groups in total. The number of benzene rings is 2. The minimum Gasteiger partial charge on any atom is -0.376 e. The van der Waals surface area contributed by atoms with E-state index in [9.17, 15) is 19.1 Å². The van der Waals surface area contributed by atoms with Crippen molar-refractivity contribution in [1.82, 2.24) is 0 Å². The second-order valence-corrected chi connectivity index (χ2v) is 7.23. The Morgan fingerprint density at radius 1 is 1.04 bits per heavy atom. The molecule has 130 valence electrons. The molecule has 2 aromatic carbocycles. The van der Waals surface area contributed by atoms with E-state index >= 15 is 0 Å². The van der Waals surface area contributed by atoms with E-state index < -0.39 is 24.4 Å². The van der Waals surface area contributed by atoms with Gasteiger partial charge in [-0.15, -0.1) is 0 Å². The Labute approximate surface area is 157 Å². The van der Waals surface area contributed by atoms with Crippen LogP contribution in [0.15, 0.2) is 53.4 Å². The largest absolute Gasteiger partial charge is 0.376 e. The van der Waals surface area contributed by atoms with Crippen LogP contribution in [0.5, 0.6) is 0 Å². The summed E-state index contributed by atoms with van der Waals surface area (Å²) >= 11 is 6.33. The zero-order valence-electron chi connectivity index (χ0n) is 13.2. The van der Waals surface area contributed by atoms with Gasteiger partial charge < -0.3 is 5.11 Å². The molecule has 0 saturated carbocycles. The first-order valence-electron chi connectivity index (χ1n) is 7.61. The highest BCUT2D eigenvalue weighted by molar-refractivity contribution is 8.27. The molecule has 2 heterocycles. The van der Waals surface area contributed by atoms with Gasteiger partial charge >= 0.3 is 0 Å². The number of carbonyl (C=O) groups excluding carboxylic acids is 2. The van der Waals surface area contributed by atoms with Crippen molar-refractivity contribution >= 4 is 57.1 Å². The van der Waals surface area contributed by atoms with Crippen LogP contribution in [-0.4, -0.2) is 28.0 Å². The van der Waals surface area contributed by atoms with Gasteiger partial charge in [-0.2, -0.15) is 0 Å². The molecular formula is C18H11FN2O3S2. The van der Waals surface area contributed by atoms with Gasteiger partial charge in [-0.05, 0) is 30.3 Å². The highest BCUT2D eigenvalue weighted by Gasteiger charge is 2.42. The Bertz CT molecular complexity index is 988. The second-order valence-electron chi connectivity index (χ2n) is 5.58. The fourth-order valence-corrected chi connectivity index (χ4v) is 4.34. The number of aliphatic hydroxyl groups excluding tert-OH is 1. The highest BCUT2D eigenvalue weighted by atomic mass is 32.2. The number of fused-ring (bicyclic) bond motifs is 1. The number of halogens is 1. The van der Waals surface area contributed by atoms with Crippen molar-refractivity contribution in [1.29, 1.82) is 0 Å². The predicted octanol–water partition coefficient (Wildman–Crippen LogP) is 2.90. The topological polar surface area (TPSA) is 60.9 Å². The number of rotatable bonds is 2. The molecule has 5 nitrogen and oxygen atoms in total. The Morgan fingerprint density at radius 3 is 2.42 bits per heavy atom. The number of aliphatic hydroxyl groups is 1. The first-order chi connectivity index (χ1) is 12.5. The Morgan fingerprint density at radius 2 is 1.73 bits per heavy atom. The zero-order chi connectivity index (χ0) is 18.4. The van der Waals surface area contributed by atoms with Crippen LogP contribution in [0.25, 0.3) is 5.57 Å². The van der Waals surface area contributed by atoms with Crippen LogP contribution >= 0.6 is 24.0 Å². The molecule has 2 amide bonds. The fourth-order valence-electron chi connectivity index (χ4n) is 2.97. The van der Waals surface area contributed by atoms with E-state index in [1.807, 2.05) is 0 Å². The summed E-state index contributed by atoms with van der Waals surface area (Å²) < 4.78 is 13.4. The van der Waals surface area contributed by atoms with Crippen molar-refractivity contribution in [3.63, 3.8) is 0 Å². The van der Waals surface area contributed by atoms with Gasteiger partial charge in [0.15, 0.2) is 4.32 Å². The number of amides is 2. The average molecular weight is 386 g/mol. The minimum absolute atomic E-state index is 0.202. The molecule has 4 rings (SSSR count). The lowest BCUT2D eigenvalue weighted by Gasteiger charge is -2.14. The van der Waals surface area contributed by atoms with Gasteiger partial charge in [0, 0.05) is 5.56 Å². The van der Waals surface area contributed by atoms with Crippen LogP contribution in [0.4, 0.5) is 15.8 Å². The SMILES string of the molecule is O=C1C(=C2SC(=S)N(c3ccc(F)cc3)C2=O)c2ccccc2N1CO. The molecule has 0 spiro atoms. The monoisotopic (exact) mass is 386 g/mol. The number of hydrogen-bond donors (Lipinski definition) is 1. The maximum Gasteiger partial charge on any atom is 0.271 e. The van der Waals surface area contributed by atoms with E-state index in [2.05, 4.69) is 0 Å². The van der Waals surface area contributed by atoms with Crippen molar-refractivity contribution in [3.8, 4) is 0 Å². The van der Waals surface area contributed by atoms with Gasteiger partial charge in [0.05, 0.1) is 21.9 Å². The summed E-state index contributed by atoms with van der Waals surface area (Å²) in [5, 5.41) is 9.54. The third-order valence-corrected chi connectivity index (χ3v) is 5.52. The second kappa shape index (κ2) is 6.31. The van der Waals surface area contributed by atoms with Gasteiger partial charge in [-0.1, -0.05) is 42.2 Å². The van der Waals surface area contributed by atoms with E-state index in [0.717, 1.165) is 11.8 Å². The molecule has 26 heavy (non-hydrogen) atoms. The number of carbonyl (C=O) groups is 2. The molecule has 0 atom stereocenters. The Kier molecular flexibility index (Phi) is 4.10. The van der Waals surface area contributed by atoms with Gasteiger partial charge in [-0.3, -0.25) is 19.4 Å². The van der Waals surface area contributed by atoms with E-state index in [4.69, 9.17) is 12.2 Å². The van der Waals surface area contributed by atoms with Gasteiger partial charge in [0.1, 0.15) is 12.5 Å². The van der Waals surface area contributed by atoms with Crippen molar-refractivity contribution in [3.05, 3.63) is 64.8 Å². The van der Waals surface area contributed by atoms with E-state index in [0.29, 0.717) is 16.9 Å². The number of nitrogens with zero attached hydrogens (tertiary/aromatic N) is 2. The smallest absolute Gasteiger partial charge is 0.271 e. The average Bonchev–Trinajstić information content (AvgIpc) is 3.08. The Balaban J connectivity index is 1.83. The summed E-state index contributed by atoms with van der Waals surface area (Å²) in [5.74, 6) is -1.31. The summed E-state index contributed by atoms with van der Waals surface area (Å²) in [6.07, 6.45) is 0. The first kappa shape index (κ1) is 16.9. The lowest BCUT2D eigenvalue weighted by atomic mass is 10.1. The quantitative estimate of drug-likeness (QED) is 0.635. The first-order valence-corrected chi connectivity index (χ1v) is 8.83. The standard InChI is InChI=1S/C18H11FN2O3S2/c19-10-5-7-11(8-6-10)21-17(24)15(26-18(21)25)14-12-3-1-2-4-13(12)20(9-22)16(14)23/h1-8,22H,9H2. The van der Waals surface area contributed by atoms with Gasteiger partial charge in [0.25, 0.3) is 11.8 Å². The van der Waals surface area contributed by atoms with Crippen molar-refractivity contribution in [2.45, 2.75) is 0 Å². The Hall–Kier alpha value is -2.55. The molecule has 0 bridgehead atoms. The van der Waals surface area contributed by atoms with Gasteiger partial charge in [0.2, 0.25) is 0 Å². The van der Waals surface area contributed by atoms with Crippen LogP contribution in [-0.2, 0) is 9.59 Å². The molecule has 1 fully saturated rings. The lowest BCUT2D eigenvalue weighted by molar-refractivity contribution is -0.115. The summed E-state index contributed by atoms with van der Waals surface area (Å²) in [4.78, 5) is 28.4. The normalized spacial score (nSPS) is 19.5. The molecule has 0 aromatic heterocycles. The van der Waals surface area contributed by atoms with Gasteiger partial charge in [-0.25, -0.2) is 4.39 Å². The van der Waals surface area contributed by atoms with Crippen LogP contribution < -0.4 is 9.80 Å². The summed E-state index contributed by atoms with van der Waals surface area (Å²) in [6.45, 7) is -0.488. The minimum atomic E-state index is -0.488. The highest BCUT2D eigenvalue weighted by Crippen LogP contribution is 2.45. The maximum atomic E-state index is 13.2. The third kappa shape index (κ3) is 2.45. The molecule has 8 heteroatoms.